The van der Waals surface area contributed by atoms with Gasteiger partial charge in [0, 0.05) is 22.0 Å². The van der Waals surface area contributed by atoms with Crippen LogP contribution >= 0.6 is 37.0 Å². The van der Waals surface area contributed by atoms with Crippen molar-refractivity contribution in [2.24, 2.45) is 0 Å². The van der Waals surface area contributed by atoms with E-state index in [-0.39, 0.29) is 0 Å². The van der Waals surface area contributed by atoms with Crippen LogP contribution in [-0.4, -0.2) is 22.0 Å². The molecule has 15 heavy (non-hydrogen) atoms. The highest BCUT2D eigenvalue weighted by Gasteiger charge is 2.06. The Kier molecular flexibility index (Phi) is 12.3. The smallest absolute Gasteiger partial charge is 0.0107 e. The molecule has 0 rings (SSSR count). The lowest BCUT2D eigenvalue weighted by molar-refractivity contribution is 0.714. The van der Waals surface area contributed by atoms with E-state index in [2.05, 4.69) is 39.1 Å². The minimum Gasteiger partial charge on any atom is -0.175 e. The fourth-order valence-corrected chi connectivity index (χ4v) is 3.40. The van der Waals surface area contributed by atoms with Crippen molar-refractivity contribution in [1.29, 1.82) is 0 Å². The van der Waals surface area contributed by atoms with Crippen molar-refractivity contribution in [3.8, 4) is 0 Å². The van der Waals surface area contributed by atoms with Crippen LogP contribution in [0.15, 0.2) is 0 Å². The molecule has 0 aromatic carbocycles. The van der Waals surface area contributed by atoms with Crippen LogP contribution in [0.2, 0.25) is 0 Å². The van der Waals surface area contributed by atoms with Gasteiger partial charge in [-0.1, -0.05) is 39.5 Å². The van der Waals surface area contributed by atoms with Crippen LogP contribution in [0.4, 0.5) is 0 Å². The third-order valence-corrected chi connectivity index (χ3v) is 5.05. The van der Waals surface area contributed by atoms with E-state index < -0.39 is 0 Å². The Morgan fingerprint density at radius 3 is 1.60 bits per heavy atom. The molecular formula is C12H26S3. The Bertz CT molecular complexity index is 114. The summed E-state index contributed by atoms with van der Waals surface area (Å²) in [6.07, 6.45) is 7.72. The fraction of sp³-hybridized carbons (Fsp3) is 1.00. The van der Waals surface area contributed by atoms with E-state index in [9.17, 15) is 0 Å². The molecule has 0 fully saturated rings. The molecule has 0 aliphatic carbocycles. The number of hydrogen-bond acceptors (Lipinski definition) is 3. The normalized spacial score (nSPS) is 15.2. The molecule has 0 saturated heterocycles. The summed E-state index contributed by atoms with van der Waals surface area (Å²) in [5, 5.41) is 1.17. The Balaban J connectivity index is 3.27. The molecule has 0 nitrogen and oxygen atoms in total. The molecule has 0 saturated carbocycles. The first kappa shape index (κ1) is 16.1. The monoisotopic (exact) mass is 266 g/mol. The zero-order chi connectivity index (χ0) is 11.5. The van der Waals surface area contributed by atoms with Gasteiger partial charge in [-0.2, -0.15) is 37.0 Å². The lowest BCUT2D eigenvalue weighted by Gasteiger charge is -2.12. The summed E-state index contributed by atoms with van der Waals surface area (Å²) in [7, 11) is 0. The van der Waals surface area contributed by atoms with Crippen molar-refractivity contribution in [3.63, 3.8) is 0 Å². The number of rotatable bonds is 10. The molecule has 0 aromatic heterocycles. The van der Waals surface area contributed by atoms with Crippen LogP contribution < -0.4 is 0 Å². The van der Waals surface area contributed by atoms with Crippen LogP contribution in [0, 0.1) is 0 Å². The van der Waals surface area contributed by atoms with Gasteiger partial charge in [0.25, 0.3) is 0 Å². The lowest BCUT2D eigenvalue weighted by atomic mass is 10.2. The molecule has 0 heterocycles. The molecule has 92 valence electrons. The van der Waals surface area contributed by atoms with Gasteiger partial charge >= 0.3 is 0 Å². The molecule has 0 aliphatic heterocycles. The third kappa shape index (κ3) is 11.3. The van der Waals surface area contributed by atoms with Crippen molar-refractivity contribution < 1.29 is 0 Å². The van der Waals surface area contributed by atoms with Crippen LogP contribution in [0.25, 0.3) is 0 Å². The topological polar surface area (TPSA) is 0 Å². The summed E-state index contributed by atoms with van der Waals surface area (Å²) in [5.74, 6) is 2.37. The molecule has 3 heteroatoms. The predicted molar refractivity (Wildman–Crippen MR) is 81.9 cm³/mol. The molecule has 2 atom stereocenters. The maximum absolute atomic E-state index is 4.59. The fourth-order valence-electron chi connectivity index (χ4n) is 1.39. The summed E-state index contributed by atoms with van der Waals surface area (Å²) < 4.78 is 0. The Morgan fingerprint density at radius 2 is 1.27 bits per heavy atom. The first-order valence-corrected chi connectivity index (χ1v) is 8.33. The van der Waals surface area contributed by atoms with Gasteiger partial charge in [-0.05, 0) is 12.8 Å². The van der Waals surface area contributed by atoms with E-state index in [0.29, 0.717) is 10.5 Å². The van der Waals surface area contributed by atoms with Crippen molar-refractivity contribution in [2.45, 2.75) is 62.9 Å². The van der Waals surface area contributed by atoms with Crippen molar-refractivity contribution >= 4 is 37.0 Å². The predicted octanol–water partition coefficient (Wildman–Crippen LogP) is 4.70. The second kappa shape index (κ2) is 11.5. The summed E-state index contributed by atoms with van der Waals surface area (Å²) in [5.41, 5.74) is 0. The van der Waals surface area contributed by atoms with Crippen LogP contribution in [0.3, 0.4) is 0 Å². The second-order valence-electron chi connectivity index (χ2n) is 4.13. The van der Waals surface area contributed by atoms with Gasteiger partial charge in [0.05, 0.1) is 0 Å². The standard InChI is InChI=1S/C12H26S3/c1-3-5-7-11(13)9-15-10-12(14)8-6-4-2/h11-14H,3-10H2,1-2H3. The summed E-state index contributed by atoms with van der Waals surface area (Å²) >= 11 is 11.2. The Hall–Kier alpha value is 1.05. The van der Waals surface area contributed by atoms with E-state index in [4.69, 9.17) is 0 Å². The Morgan fingerprint density at radius 1 is 0.867 bits per heavy atom. The lowest BCUT2D eigenvalue weighted by Crippen LogP contribution is -2.07. The number of unbranched alkanes of at least 4 members (excludes halogenated alkanes) is 2. The van der Waals surface area contributed by atoms with Crippen LogP contribution in [-0.2, 0) is 0 Å². The van der Waals surface area contributed by atoms with Gasteiger partial charge in [0.1, 0.15) is 0 Å². The zero-order valence-electron chi connectivity index (χ0n) is 10.1. The van der Waals surface area contributed by atoms with E-state index in [1.54, 1.807) is 0 Å². The highest BCUT2D eigenvalue weighted by Crippen LogP contribution is 2.18. The second-order valence-corrected chi connectivity index (χ2v) is 6.67. The van der Waals surface area contributed by atoms with E-state index in [1.165, 1.54) is 50.0 Å². The van der Waals surface area contributed by atoms with E-state index in [0.717, 1.165) is 0 Å². The molecule has 0 amide bonds. The minimum absolute atomic E-state index is 0.585. The molecular weight excluding hydrogens is 240 g/mol. The average molecular weight is 267 g/mol. The molecule has 0 aromatic rings. The summed E-state index contributed by atoms with van der Waals surface area (Å²) in [6, 6.07) is 0. The zero-order valence-corrected chi connectivity index (χ0v) is 12.7. The molecule has 0 N–H and O–H groups in total. The van der Waals surface area contributed by atoms with Gasteiger partial charge in [-0.3, -0.25) is 0 Å². The highest BCUT2D eigenvalue weighted by molar-refractivity contribution is 8.00. The van der Waals surface area contributed by atoms with Gasteiger partial charge < -0.3 is 0 Å². The molecule has 0 aliphatic rings. The molecule has 0 radical (unpaired) electrons. The highest BCUT2D eigenvalue weighted by atomic mass is 32.2. The Labute approximate surface area is 111 Å². The number of hydrogen-bond donors (Lipinski definition) is 2. The van der Waals surface area contributed by atoms with E-state index >= 15 is 0 Å². The first-order valence-electron chi connectivity index (χ1n) is 6.14. The largest absolute Gasteiger partial charge is 0.175 e. The number of thioether (sulfide) groups is 1. The van der Waals surface area contributed by atoms with E-state index in [1.807, 2.05) is 11.8 Å². The molecule has 2 unspecified atom stereocenters. The first-order chi connectivity index (χ1) is 7.20. The quantitative estimate of drug-likeness (QED) is 0.541. The summed E-state index contributed by atoms with van der Waals surface area (Å²) in [4.78, 5) is 0. The SMILES string of the molecule is CCCCC(S)CSCC(S)CCCC. The van der Waals surface area contributed by atoms with Crippen LogP contribution in [0.1, 0.15) is 52.4 Å². The van der Waals surface area contributed by atoms with Gasteiger partial charge in [0.15, 0.2) is 0 Å². The molecule has 0 spiro atoms. The van der Waals surface area contributed by atoms with Crippen molar-refractivity contribution in [1.82, 2.24) is 0 Å². The van der Waals surface area contributed by atoms with Crippen molar-refractivity contribution in [2.75, 3.05) is 11.5 Å². The third-order valence-electron chi connectivity index (χ3n) is 2.40. The van der Waals surface area contributed by atoms with Gasteiger partial charge in [-0.25, -0.2) is 0 Å². The maximum Gasteiger partial charge on any atom is 0.0107 e. The van der Waals surface area contributed by atoms with Crippen molar-refractivity contribution in [3.05, 3.63) is 0 Å². The molecule has 0 bridgehead atoms. The van der Waals surface area contributed by atoms with Gasteiger partial charge in [-0.15, -0.1) is 0 Å². The number of thiol groups is 2. The van der Waals surface area contributed by atoms with Gasteiger partial charge in [0.2, 0.25) is 0 Å². The van der Waals surface area contributed by atoms with Crippen LogP contribution in [0.5, 0.6) is 0 Å². The minimum atomic E-state index is 0.585. The maximum atomic E-state index is 4.59. The average Bonchev–Trinajstić information content (AvgIpc) is 2.23. The summed E-state index contributed by atoms with van der Waals surface area (Å²) in [6.45, 7) is 4.48.